The molecule has 0 spiro atoms. The van der Waals surface area contributed by atoms with Crippen molar-refractivity contribution in [2.45, 2.75) is 26.5 Å². The van der Waals surface area contributed by atoms with Crippen LogP contribution >= 0.6 is 11.6 Å². The molecule has 0 bridgehead atoms. The lowest BCUT2D eigenvalue weighted by Gasteiger charge is -2.24. The number of aliphatic hydroxyl groups is 1. The van der Waals surface area contributed by atoms with Gasteiger partial charge in [-0.05, 0) is 25.6 Å². The van der Waals surface area contributed by atoms with Gasteiger partial charge in [-0.15, -0.1) is 0 Å². The van der Waals surface area contributed by atoms with Crippen LogP contribution in [0.3, 0.4) is 0 Å². The summed E-state index contributed by atoms with van der Waals surface area (Å²) >= 11 is 6.22. The minimum atomic E-state index is -0.356. The van der Waals surface area contributed by atoms with Crippen molar-refractivity contribution in [2.75, 3.05) is 25.0 Å². The maximum absolute atomic E-state index is 9.43. The van der Waals surface area contributed by atoms with E-state index in [1.165, 1.54) is 0 Å². The van der Waals surface area contributed by atoms with Crippen molar-refractivity contribution in [3.05, 3.63) is 28.8 Å². The normalized spacial score (nSPS) is 12.5. The Bertz CT molecular complexity index is 355. The lowest BCUT2D eigenvalue weighted by Crippen LogP contribution is -2.28. The Balaban J connectivity index is 2.92. The van der Waals surface area contributed by atoms with E-state index in [-0.39, 0.29) is 6.10 Å². The average Bonchev–Trinajstić information content (AvgIpc) is 2.26. The van der Waals surface area contributed by atoms with Crippen molar-refractivity contribution in [1.29, 1.82) is 0 Å². The topological polar surface area (TPSA) is 35.5 Å². The van der Waals surface area contributed by atoms with Crippen LogP contribution in [0, 0.1) is 0 Å². The van der Waals surface area contributed by atoms with Gasteiger partial charge in [-0.25, -0.2) is 0 Å². The predicted octanol–water partition coefficient (Wildman–Crippen LogP) is 2.27. The zero-order valence-electron chi connectivity index (χ0n) is 10.7. The highest BCUT2D eigenvalue weighted by molar-refractivity contribution is 6.31. The molecule has 0 amide bonds. The lowest BCUT2D eigenvalue weighted by molar-refractivity contribution is 0.201. The molecule has 0 aliphatic rings. The van der Waals surface area contributed by atoms with E-state index in [4.69, 9.17) is 11.6 Å². The summed E-state index contributed by atoms with van der Waals surface area (Å²) in [7, 11) is 1.97. The van der Waals surface area contributed by atoms with E-state index in [0.29, 0.717) is 6.54 Å². The highest BCUT2D eigenvalue weighted by Gasteiger charge is 2.11. The van der Waals surface area contributed by atoms with Crippen LogP contribution in [0.1, 0.15) is 19.4 Å². The summed E-state index contributed by atoms with van der Waals surface area (Å²) in [4.78, 5) is 2.03. The molecule has 1 rings (SSSR count). The number of hydrogen-bond donors (Lipinski definition) is 2. The van der Waals surface area contributed by atoms with Gasteiger partial charge in [0.2, 0.25) is 0 Å². The maximum Gasteiger partial charge on any atom is 0.0686 e. The number of halogens is 1. The Hall–Kier alpha value is -0.770. The van der Waals surface area contributed by atoms with Gasteiger partial charge in [0.15, 0.2) is 0 Å². The Morgan fingerprint density at radius 3 is 2.76 bits per heavy atom. The second kappa shape index (κ2) is 6.84. The zero-order valence-corrected chi connectivity index (χ0v) is 11.5. The Morgan fingerprint density at radius 2 is 2.18 bits per heavy atom. The molecule has 1 unspecified atom stereocenters. The molecule has 0 aliphatic carbocycles. The van der Waals surface area contributed by atoms with E-state index >= 15 is 0 Å². The molecule has 3 nitrogen and oxygen atoms in total. The smallest absolute Gasteiger partial charge is 0.0686 e. The molecule has 17 heavy (non-hydrogen) atoms. The maximum atomic E-state index is 9.43. The molecule has 0 saturated carbocycles. The molecular formula is C13H21ClN2O. The summed E-state index contributed by atoms with van der Waals surface area (Å²) in [5.41, 5.74) is 2.15. The highest BCUT2D eigenvalue weighted by atomic mass is 35.5. The summed E-state index contributed by atoms with van der Waals surface area (Å²) in [5, 5.41) is 13.5. The molecule has 0 aliphatic heterocycles. The molecule has 0 saturated heterocycles. The van der Waals surface area contributed by atoms with Gasteiger partial charge >= 0.3 is 0 Å². The number of nitrogens with zero attached hydrogens (tertiary/aromatic N) is 1. The zero-order chi connectivity index (χ0) is 12.8. The minimum absolute atomic E-state index is 0.356. The molecule has 0 aromatic heterocycles. The molecule has 0 fully saturated rings. The first kappa shape index (κ1) is 14.3. The molecule has 1 aromatic carbocycles. The third kappa shape index (κ3) is 4.19. The molecule has 1 aromatic rings. The molecular weight excluding hydrogens is 236 g/mol. The summed E-state index contributed by atoms with van der Waals surface area (Å²) in [6.45, 7) is 6.10. The van der Waals surface area contributed by atoms with Gasteiger partial charge < -0.3 is 15.3 Å². The largest absolute Gasteiger partial charge is 0.392 e. The molecule has 2 N–H and O–H groups in total. The van der Waals surface area contributed by atoms with Crippen LogP contribution in [-0.4, -0.2) is 31.3 Å². The number of benzene rings is 1. The number of hydrogen-bond acceptors (Lipinski definition) is 3. The van der Waals surface area contributed by atoms with E-state index in [1.54, 1.807) is 6.92 Å². The quantitative estimate of drug-likeness (QED) is 0.820. The summed E-state index contributed by atoms with van der Waals surface area (Å²) in [6.07, 6.45) is -0.356. The van der Waals surface area contributed by atoms with Crippen molar-refractivity contribution in [3.8, 4) is 0 Å². The van der Waals surface area contributed by atoms with Crippen LogP contribution in [0.2, 0.25) is 5.02 Å². The van der Waals surface area contributed by atoms with Crippen LogP contribution in [-0.2, 0) is 6.54 Å². The number of anilines is 1. The van der Waals surface area contributed by atoms with Crippen molar-refractivity contribution in [2.24, 2.45) is 0 Å². The number of nitrogens with one attached hydrogen (secondary N) is 1. The van der Waals surface area contributed by atoms with Gasteiger partial charge in [-0.3, -0.25) is 0 Å². The van der Waals surface area contributed by atoms with Gasteiger partial charge in [0.25, 0.3) is 0 Å². The minimum Gasteiger partial charge on any atom is -0.392 e. The van der Waals surface area contributed by atoms with Crippen LogP contribution in [0.4, 0.5) is 5.69 Å². The first-order chi connectivity index (χ1) is 8.06. The summed E-state index contributed by atoms with van der Waals surface area (Å²) < 4.78 is 0. The van der Waals surface area contributed by atoms with Crippen molar-refractivity contribution in [3.63, 3.8) is 0 Å². The number of aliphatic hydroxyl groups excluding tert-OH is 1. The van der Waals surface area contributed by atoms with E-state index in [9.17, 15) is 5.11 Å². The first-order valence-corrected chi connectivity index (χ1v) is 6.31. The molecule has 0 radical (unpaired) electrons. The monoisotopic (exact) mass is 256 g/mol. The third-order valence-electron chi connectivity index (χ3n) is 2.60. The van der Waals surface area contributed by atoms with Gasteiger partial charge in [0.1, 0.15) is 0 Å². The van der Waals surface area contributed by atoms with E-state index in [2.05, 4.69) is 12.2 Å². The van der Waals surface area contributed by atoms with Crippen LogP contribution < -0.4 is 10.2 Å². The van der Waals surface area contributed by atoms with Crippen LogP contribution in [0.5, 0.6) is 0 Å². The Morgan fingerprint density at radius 1 is 1.47 bits per heavy atom. The SMILES string of the molecule is CCNCc1c(Cl)cccc1N(C)CC(C)O. The van der Waals surface area contributed by atoms with Gasteiger partial charge in [-0.1, -0.05) is 24.6 Å². The first-order valence-electron chi connectivity index (χ1n) is 5.93. The second-order valence-electron chi connectivity index (χ2n) is 4.25. The van der Waals surface area contributed by atoms with Gasteiger partial charge in [-0.2, -0.15) is 0 Å². The summed E-state index contributed by atoms with van der Waals surface area (Å²) in [5.74, 6) is 0. The fraction of sp³-hybridized carbons (Fsp3) is 0.538. The number of likely N-dealkylation sites (N-methyl/N-ethyl adjacent to an activating group) is 1. The molecule has 0 heterocycles. The molecule has 1 atom stereocenters. The van der Waals surface area contributed by atoms with Gasteiger partial charge in [0.05, 0.1) is 6.10 Å². The average molecular weight is 257 g/mol. The highest BCUT2D eigenvalue weighted by Crippen LogP contribution is 2.26. The fourth-order valence-electron chi connectivity index (χ4n) is 1.82. The van der Waals surface area contributed by atoms with Gasteiger partial charge in [0, 0.05) is 36.4 Å². The van der Waals surface area contributed by atoms with Crippen molar-refractivity contribution in [1.82, 2.24) is 5.32 Å². The Labute approximate surface area is 108 Å². The third-order valence-corrected chi connectivity index (χ3v) is 2.95. The van der Waals surface area contributed by atoms with Crippen LogP contribution in [0.15, 0.2) is 18.2 Å². The van der Waals surface area contributed by atoms with E-state index in [1.807, 2.05) is 30.1 Å². The standard InChI is InChI=1S/C13H21ClN2O/c1-4-15-8-11-12(14)6-5-7-13(11)16(3)9-10(2)17/h5-7,10,15,17H,4,8-9H2,1-3H3. The van der Waals surface area contributed by atoms with E-state index in [0.717, 1.165) is 29.4 Å². The fourth-order valence-corrected chi connectivity index (χ4v) is 2.06. The molecule has 96 valence electrons. The van der Waals surface area contributed by atoms with Crippen molar-refractivity contribution >= 4 is 17.3 Å². The summed E-state index contributed by atoms with van der Waals surface area (Å²) in [6, 6.07) is 5.86. The second-order valence-corrected chi connectivity index (χ2v) is 4.65. The lowest BCUT2D eigenvalue weighted by atomic mass is 10.1. The van der Waals surface area contributed by atoms with Crippen molar-refractivity contribution < 1.29 is 5.11 Å². The van der Waals surface area contributed by atoms with Crippen LogP contribution in [0.25, 0.3) is 0 Å². The molecule has 4 heteroatoms. The Kier molecular flexibility index (Phi) is 5.75. The predicted molar refractivity (Wildman–Crippen MR) is 73.8 cm³/mol. The number of rotatable bonds is 6. The van der Waals surface area contributed by atoms with E-state index < -0.39 is 0 Å².